The number of piperazine rings is 1. The molecule has 3 heterocycles. The molecule has 0 radical (unpaired) electrons. The fourth-order valence-electron chi connectivity index (χ4n) is 3.38. The van der Waals surface area contributed by atoms with E-state index in [0.717, 1.165) is 19.5 Å². The van der Waals surface area contributed by atoms with Gasteiger partial charge in [-0.05, 0) is 19.4 Å². The standard InChI is InChI=1S/C17H25N5O2/c1-3-13(2)22-12-14(11-15(22)23)16(24)20-7-9-21(10-8-20)17-18-5-4-6-19-17/h4-6,13-14H,3,7-12H2,1-2H3. The van der Waals surface area contributed by atoms with Gasteiger partial charge in [0.1, 0.15) is 0 Å². The Morgan fingerprint density at radius 1 is 1.25 bits per heavy atom. The molecule has 7 heteroatoms. The fraction of sp³-hybridized carbons (Fsp3) is 0.647. The maximum Gasteiger partial charge on any atom is 0.228 e. The summed E-state index contributed by atoms with van der Waals surface area (Å²) < 4.78 is 0. The summed E-state index contributed by atoms with van der Waals surface area (Å²) in [4.78, 5) is 39.2. The number of nitrogens with zero attached hydrogens (tertiary/aromatic N) is 5. The van der Waals surface area contributed by atoms with Crippen LogP contribution in [-0.4, -0.2) is 70.3 Å². The van der Waals surface area contributed by atoms with Crippen molar-refractivity contribution in [2.24, 2.45) is 5.92 Å². The monoisotopic (exact) mass is 331 g/mol. The highest BCUT2D eigenvalue weighted by atomic mass is 16.2. The first-order valence-corrected chi connectivity index (χ1v) is 8.70. The molecule has 2 aliphatic heterocycles. The summed E-state index contributed by atoms with van der Waals surface area (Å²) >= 11 is 0. The lowest BCUT2D eigenvalue weighted by molar-refractivity contribution is -0.136. The van der Waals surface area contributed by atoms with Crippen LogP contribution in [0.5, 0.6) is 0 Å². The topological polar surface area (TPSA) is 69.6 Å². The third-order valence-corrected chi connectivity index (χ3v) is 5.06. The van der Waals surface area contributed by atoms with Crippen molar-refractivity contribution in [2.45, 2.75) is 32.7 Å². The van der Waals surface area contributed by atoms with Gasteiger partial charge >= 0.3 is 0 Å². The number of anilines is 1. The highest BCUT2D eigenvalue weighted by Gasteiger charge is 2.38. The van der Waals surface area contributed by atoms with Crippen LogP contribution in [0.15, 0.2) is 18.5 Å². The second-order valence-electron chi connectivity index (χ2n) is 6.57. The van der Waals surface area contributed by atoms with E-state index in [2.05, 4.69) is 21.8 Å². The van der Waals surface area contributed by atoms with Crippen LogP contribution in [0.4, 0.5) is 5.95 Å². The van der Waals surface area contributed by atoms with Gasteiger partial charge in [0.05, 0.1) is 5.92 Å². The van der Waals surface area contributed by atoms with Gasteiger partial charge in [-0.25, -0.2) is 9.97 Å². The first kappa shape index (κ1) is 16.7. The van der Waals surface area contributed by atoms with Crippen LogP contribution in [0.1, 0.15) is 26.7 Å². The van der Waals surface area contributed by atoms with E-state index in [1.165, 1.54) is 0 Å². The molecule has 2 fully saturated rings. The molecule has 2 aliphatic rings. The van der Waals surface area contributed by atoms with E-state index in [0.29, 0.717) is 32.0 Å². The van der Waals surface area contributed by atoms with Gasteiger partial charge in [-0.15, -0.1) is 0 Å². The molecule has 0 aromatic carbocycles. The first-order valence-electron chi connectivity index (χ1n) is 8.70. The van der Waals surface area contributed by atoms with Gasteiger partial charge in [-0.1, -0.05) is 6.92 Å². The van der Waals surface area contributed by atoms with Crippen molar-refractivity contribution in [1.82, 2.24) is 19.8 Å². The highest BCUT2D eigenvalue weighted by molar-refractivity contribution is 5.89. The Bertz CT molecular complexity index is 586. The molecule has 0 aliphatic carbocycles. The predicted molar refractivity (Wildman–Crippen MR) is 90.4 cm³/mol. The second kappa shape index (κ2) is 7.15. The van der Waals surface area contributed by atoms with Crippen LogP contribution in [0, 0.1) is 5.92 Å². The lowest BCUT2D eigenvalue weighted by Gasteiger charge is -2.35. The quantitative estimate of drug-likeness (QED) is 0.815. The predicted octanol–water partition coefficient (Wildman–Crippen LogP) is 0.772. The van der Waals surface area contributed by atoms with Gasteiger partial charge < -0.3 is 14.7 Å². The number of likely N-dealkylation sites (tertiary alicyclic amines) is 1. The van der Waals surface area contributed by atoms with Gasteiger partial charge in [0, 0.05) is 57.6 Å². The molecule has 24 heavy (non-hydrogen) atoms. The lowest BCUT2D eigenvalue weighted by atomic mass is 10.1. The molecule has 0 spiro atoms. The molecule has 0 saturated carbocycles. The molecule has 130 valence electrons. The van der Waals surface area contributed by atoms with E-state index in [9.17, 15) is 9.59 Å². The molecule has 2 amide bonds. The number of amides is 2. The molecule has 2 atom stereocenters. The Morgan fingerprint density at radius 3 is 2.54 bits per heavy atom. The number of carbonyl (C=O) groups is 2. The third-order valence-electron chi connectivity index (χ3n) is 5.06. The summed E-state index contributed by atoms with van der Waals surface area (Å²) in [6.07, 6.45) is 4.73. The van der Waals surface area contributed by atoms with Crippen molar-refractivity contribution >= 4 is 17.8 Å². The maximum atomic E-state index is 12.7. The number of carbonyl (C=O) groups excluding carboxylic acids is 2. The molecule has 7 nitrogen and oxygen atoms in total. The summed E-state index contributed by atoms with van der Waals surface area (Å²) in [5.74, 6) is 0.747. The molecular formula is C17H25N5O2. The van der Waals surface area contributed by atoms with Crippen molar-refractivity contribution in [1.29, 1.82) is 0 Å². The van der Waals surface area contributed by atoms with Gasteiger partial charge in [-0.3, -0.25) is 9.59 Å². The van der Waals surface area contributed by atoms with Crippen LogP contribution in [0.3, 0.4) is 0 Å². The van der Waals surface area contributed by atoms with Gasteiger partial charge in [0.15, 0.2) is 0 Å². The smallest absolute Gasteiger partial charge is 0.228 e. The van der Waals surface area contributed by atoms with Crippen LogP contribution >= 0.6 is 0 Å². The summed E-state index contributed by atoms with van der Waals surface area (Å²) in [7, 11) is 0. The van der Waals surface area contributed by atoms with Crippen molar-refractivity contribution in [3.63, 3.8) is 0 Å². The second-order valence-corrected chi connectivity index (χ2v) is 6.57. The van der Waals surface area contributed by atoms with Crippen LogP contribution in [0.25, 0.3) is 0 Å². The molecule has 2 saturated heterocycles. The average molecular weight is 331 g/mol. The van der Waals surface area contributed by atoms with E-state index in [1.54, 1.807) is 18.5 Å². The van der Waals surface area contributed by atoms with Crippen molar-refractivity contribution in [3.05, 3.63) is 18.5 Å². The van der Waals surface area contributed by atoms with Crippen LogP contribution in [-0.2, 0) is 9.59 Å². The number of hydrogen-bond donors (Lipinski definition) is 0. The van der Waals surface area contributed by atoms with Gasteiger partial charge in [0.2, 0.25) is 17.8 Å². The minimum atomic E-state index is -0.189. The Hall–Kier alpha value is -2.18. The molecule has 1 aromatic rings. The minimum Gasteiger partial charge on any atom is -0.339 e. The highest BCUT2D eigenvalue weighted by Crippen LogP contribution is 2.24. The Kier molecular flexibility index (Phi) is 4.97. The number of aromatic nitrogens is 2. The summed E-state index contributed by atoms with van der Waals surface area (Å²) in [5.41, 5.74) is 0. The van der Waals surface area contributed by atoms with Crippen LogP contribution < -0.4 is 4.90 Å². The molecular weight excluding hydrogens is 306 g/mol. The summed E-state index contributed by atoms with van der Waals surface area (Å²) in [6, 6.07) is 2.01. The zero-order valence-electron chi connectivity index (χ0n) is 14.4. The molecule has 1 aromatic heterocycles. The lowest BCUT2D eigenvalue weighted by Crippen LogP contribution is -2.51. The van der Waals surface area contributed by atoms with Crippen LogP contribution in [0.2, 0.25) is 0 Å². The molecule has 0 bridgehead atoms. The third kappa shape index (κ3) is 3.34. The number of rotatable bonds is 4. The fourth-order valence-corrected chi connectivity index (χ4v) is 3.38. The maximum absolute atomic E-state index is 12.7. The van der Waals surface area contributed by atoms with E-state index in [4.69, 9.17) is 0 Å². The molecule has 2 unspecified atom stereocenters. The molecule has 3 rings (SSSR count). The molecule has 0 N–H and O–H groups in total. The zero-order chi connectivity index (χ0) is 17.1. The van der Waals surface area contributed by atoms with Gasteiger partial charge in [0.25, 0.3) is 0 Å². The Morgan fingerprint density at radius 2 is 1.92 bits per heavy atom. The van der Waals surface area contributed by atoms with Crippen molar-refractivity contribution < 1.29 is 9.59 Å². The SMILES string of the molecule is CCC(C)N1CC(C(=O)N2CCN(c3ncccn3)CC2)CC1=O. The summed E-state index contributed by atoms with van der Waals surface area (Å²) in [6.45, 7) is 7.45. The number of hydrogen-bond acceptors (Lipinski definition) is 5. The van der Waals surface area contributed by atoms with E-state index < -0.39 is 0 Å². The van der Waals surface area contributed by atoms with Crippen molar-refractivity contribution in [3.8, 4) is 0 Å². The first-order chi connectivity index (χ1) is 11.6. The Balaban J connectivity index is 1.55. The summed E-state index contributed by atoms with van der Waals surface area (Å²) in [5, 5.41) is 0. The van der Waals surface area contributed by atoms with Gasteiger partial charge in [-0.2, -0.15) is 0 Å². The normalized spacial score (nSPS) is 22.8. The average Bonchev–Trinajstić information content (AvgIpc) is 3.03. The van der Waals surface area contributed by atoms with E-state index >= 15 is 0 Å². The van der Waals surface area contributed by atoms with E-state index in [-0.39, 0.29) is 23.8 Å². The van der Waals surface area contributed by atoms with E-state index in [1.807, 2.05) is 16.7 Å². The minimum absolute atomic E-state index is 0.110. The van der Waals surface area contributed by atoms with Crippen molar-refractivity contribution in [2.75, 3.05) is 37.6 Å². The zero-order valence-corrected chi connectivity index (χ0v) is 14.4. The Labute approximate surface area is 142 Å². The largest absolute Gasteiger partial charge is 0.339 e.